The Labute approximate surface area is 152 Å². The standard InChI is InChI=1S/C18H22ClN3O3/c19-16-3-1-2-14(10-16)4-5-22-12-15(11-17(22)24)18(25)21-8-6-20(13-23)7-9-21/h1-3,10,13,15H,4-9,11-12H2. The Morgan fingerprint density at radius 1 is 1.24 bits per heavy atom. The number of piperazine rings is 1. The van der Waals surface area contributed by atoms with Gasteiger partial charge >= 0.3 is 0 Å². The minimum absolute atomic E-state index is 0.0316. The van der Waals surface area contributed by atoms with Crippen LogP contribution in [0.2, 0.25) is 5.02 Å². The SMILES string of the molecule is O=CN1CCN(C(=O)C2CC(=O)N(CCc3cccc(Cl)c3)C2)CC1. The van der Waals surface area contributed by atoms with E-state index in [1.807, 2.05) is 24.3 Å². The van der Waals surface area contributed by atoms with Gasteiger partial charge in [-0.2, -0.15) is 0 Å². The molecular formula is C18H22ClN3O3. The number of nitrogens with zero attached hydrogens (tertiary/aromatic N) is 3. The van der Waals surface area contributed by atoms with E-state index in [1.54, 1.807) is 14.7 Å². The quantitative estimate of drug-likeness (QED) is 0.734. The number of hydrogen-bond donors (Lipinski definition) is 0. The molecule has 7 heteroatoms. The minimum Gasteiger partial charge on any atom is -0.342 e. The number of halogens is 1. The van der Waals surface area contributed by atoms with Gasteiger partial charge in [-0.15, -0.1) is 0 Å². The Kier molecular flexibility index (Phi) is 5.58. The normalized spacial score (nSPS) is 20.9. The van der Waals surface area contributed by atoms with Crippen molar-refractivity contribution in [3.8, 4) is 0 Å². The minimum atomic E-state index is -0.269. The van der Waals surface area contributed by atoms with Crippen LogP contribution in [-0.4, -0.2) is 72.2 Å². The summed E-state index contributed by atoms with van der Waals surface area (Å²) in [4.78, 5) is 40.8. The van der Waals surface area contributed by atoms with Crippen molar-refractivity contribution in [2.24, 2.45) is 5.92 Å². The Hall–Kier alpha value is -2.08. The molecule has 3 amide bonds. The van der Waals surface area contributed by atoms with Crippen LogP contribution in [-0.2, 0) is 20.8 Å². The number of hydrogen-bond acceptors (Lipinski definition) is 3. The number of carbonyl (C=O) groups excluding carboxylic acids is 3. The van der Waals surface area contributed by atoms with Gasteiger partial charge in [-0.05, 0) is 24.1 Å². The molecule has 0 saturated carbocycles. The van der Waals surface area contributed by atoms with Gasteiger partial charge in [0.2, 0.25) is 18.2 Å². The third kappa shape index (κ3) is 4.31. The lowest BCUT2D eigenvalue weighted by Gasteiger charge is -2.33. The third-order valence-corrected chi connectivity index (χ3v) is 5.13. The summed E-state index contributed by atoms with van der Waals surface area (Å²) < 4.78 is 0. The van der Waals surface area contributed by atoms with Crippen molar-refractivity contribution in [3.05, 3.63) is 34.9 Å². The molecule has 2 heterocycles. The van der Waals surface area contributed by atoms with Gasteiger partial charge < -0.3 is 14.7 Å². The van der Waals surface area contributed by atoms with Crippen LogP contribution in [0.4, 0.5) is 0 Å². The van der Waals surface area contributed by atoms with Crippen molar-refractivity contribution in [1.29, 1.82) is 0 Å². The summed E-state index contributed by atoms with van der Waals surface area (Å²) >= 11 is 5.98. The molecule has 0 aliphatic carbocycles. The average Bonchev–Trinajstić information content (AvgIpc) is 3.00. The summed E-state index contributed by atoms with van der Waals surface area (Å²) in [5.41, 5.74) is 1.08. The van der Waals surface area contributed by atoms with Crippen molar-refractivity contribution in [2.75, 3.05) is 39.3 Å². The molecule has 2 aliphatic heterocycles. The van der Waals surface area contributed by atoms with Gasteiger partial charge in [0.1, 0.15) is 0 Å². The molecule has 1 atom stereocenters. The van der Waals surface area contributed by atoms with Gasteiger partial charge in [-0.1, -0.05) is 23.7 Å². The van der Waals surface area contributed by atoms with Crippen LogP contribution in [0.15, 0.2) is 24.3 Å². The van der Waals surface area contributed by atoms with E-state index in [-0.39, 0.29) is 24.2 Å². The Morgan fingerprint density at radius 3 is 2.68 bits per heavy atom. The lowest BCUT2D eigenvalue weighted by molar-refractivity contribution is -0.139. The molecule has 0 bridgehead atoms. The van der Waals surface area contributed by atoms with Crippen LogP contribution in [0.3, 0.4) is 0 Å². The average molecular weight is 364 g/mol. The van der Waals surface area contributed by atoms with Crippen molar-refractivity contribution >= 4 is 29.8 Å². The van der Waals surface area contributed by atoms with E-state index in [0.717, 1.165) is 18.4 Å². The largest absolute Gasteiger partial charge is 0.342 e. The monoisotopic (exact) mass is 363 g/mol. The second-order valence-corrected chi connectivity index (χ2v) is 7.02. The van der Waals surface area contributed by atoms with Crippen LogP contribution in [0.5, 0.6) is 0 Å². The third-order valence-electron chi connectivity index (χ3n) is 4.90. The van der Waals surface area contributed by atoms with Crippen LogP contribution < -0.4 is 0 Å². The maximum atomic E-state index is 12.6. The molecule has 3 rings (SSSR count). The van der Waals surface area contributed by atoms with Gasteiger partial charge in [0.25, 0.3) is 0 Å². The predicted molar refractivity (Wildman–Crippen MR) is 94.1 cm³/mol. The van der Waals surface area contributed by atoms with E-state index in [4.69, 9.17) is 11.6 Å². The van der Waals surface area contributed by atoms with E-state index in [9.17, 15) is 14.4 Å². The van der Waals surface area contributed by atoms with Crippen molar-refractivity contribution in [2.45, 2.75) is 12.8 Å². The zero-order chi connectivity index (χ0) is 17.8. The summed E-state index contributed by atoms with van der Waals surface area (Å²) in [6.07, 6.45) is 1.83. The van der Waals surface area contributed by atoms with E-state index >= 15 is 0 Å². The molecule has 2 aliphatic rings. The van der Waals surface area contributed by atoms with Crippen molar-refractivity contribution in [3.63, 3.8) is 0 Å². The molecule has 1 aromatic rings. The molecule has 0 radical (unpaired) electrons. The Bertz CT molecular complexity index is 659. The van der Waals surface area contributed by atoms with Crippen LogP contribution in [0, 0.1) is 5.92 Å². The van der Waals surface area contributed by atoms with Crippen molar-refractivity contribution < 1.29 is 14.4 Å². The maximum absolute atomic E-state index is 12.6. The van der Waals surface area contributed by atoms with Crippen LogP contribution in [0.25, 0.3) is 0 Å². The smallest absolute Gasteiger partial charge is 0.228 e. The fraction of sp³-hybridized carbons (Fsp3) is 0.500. The number of amides is 3. The fourth-order valence-corrected chi connectivity index (χ4v) is 3.63. The topological polar surface area (TPSA) is 60.9 Å². The molecule has 0 spiro atoms. The molecule has 0 N–H and O–H groups in total. The van der Waals surface area contributed by atoms with Gasteiger partial charge in [-0.3, -0.25) is 14.4 Å². The van der Waals surface area contributed by atoms with Gasteiger partial charge in [0.15, 0.2) is 0 Å². The molecule has 134 valence electrons. The maximum Gasteiger partial charge on any atom is 0.228 e. The first kappa shape index (κ1) is 17.7. The summed E-state index contributed by atoms with van der Waals surface area (Å²) in [5.74, 6) is -0.203. The first-order chi connectivity index (χ1) is 12.1. The van der Waals surface area contributed by atoms with Gasteiger partial charge in [0, 0.05) is 50.7 Å². The highest BCUT2D eigenvalue weighted by Crippen LogP contribution is 2.21. The number of rotatable bonds is 5. The van der Waals surface area contributed by atoms with Crippen molar-refractivity contribution in [1.82, 2.24) is 14.7 Å². The number of benzene rings is 1. The second kappa shape index (κ2) is 7.87. The summed E-state index contributed by atoms with van der Waals surface area (Å²) in [7, 11) is 0. The predicted octanol–water partition coefficient (Wildman–Crippen LogP) is 1.03. The van der Waals surface area contributed by atoms with E-state index in [1.165, 1.54) is 0 Å². The fourth-order valence-electron chi connectivity index (χ4n) is 3.42. The lowest BCUT2D eigenvalue weighted by atomic mass is 10.1. The summed E-state index contributed by atoms with van der Waals surface area (Å²) in [6.45, 7) is 3.30. The molecule has 2 fully saturated rings. The molecule has 0 aromatic heterocycles. The van der Waals surface area contributed by atoms with E-state index in [2.05, 4.69) is 0 Å². The highest BCUT2D eigenvalue weighted by Gasteiger charge is 2.36. The molecule has 1 unspecified atom stereocenters. The zero-order valence-electron chi connectivity index (χ0n) is 14.1. The molecule has 1 aromatic carbocycles. The lowest BCUT2D eigenvalue weighted by Crippen LogP contribution is -2.50. The first-order valence-corrected chi connectivity index (χ1v) is 8.95. The first-order valence-electron chi connectivity index (χ1n) is 8.57. The highest BCUT2D eigenvalue weighted by atomic mass is 35.5. The molecule has 6 nitrogen and oxygen atoms in total. The summed E-state index contributed by atoms with van der Waals surface area (Å²) in [5, 5.41) is 0.688. The van der Waals surface area contributed by atoms with Gasteiger partial charge in [0.05, 0.1) is 5.92 Å². The molecule has 25 heavy (non-hydrogen) atoms. The summed E-state index contributed by atoms with van der Waals surface area (Å²) in [6, 6.07) is 7.61. The van der Waals surface area contributed by atoms with E-state index < -0.39 is 0 Å². The molecule has 2 saturated heterocycles. The van der Waals surface area contributed by atoms with Gasteiger partial charge in [-0.25, -0.2) is 0 Å². The zero-order valence-corrected chi connectivity index (χ0v) is 14.8. The van der Waals surface area contributed by atoms with Crippen LogP contribution >= 0.6 is 11.6 Å². The number of carbonyl (C=O) groups is 3. The van der Waals surface area contributed by atoms with Crippen LogP contribution in [0.1, 0.15) is 12.0 Å². The molecular weight excluding hydrogens is 342 g/mol. The number of likely N-dealkylation sites (tertiary alicyclic amines) is 1. The Balaban J connectivity index is 1.51. The second-order valence-electron chi connectivity index (χ2n) is 6.59. The van der Waals surface area contributed by atoms with E-state index in [0.29, 0.717) is 44.3 Å². The highest BCUT2D eigenvalue weighted by molar-refractivity contribution is 6.30. The Morgan fingerprint density at radius 2 is 2.00 bits per heavy atom.